The largest absolute Gasteiger partial charge is 0.317 e. The van der Waals surface area contributed by atoms with E-state index in [0.717, 1.165) is 48.1 Å². The van der Waals surface area contributed by atoms with Gasteiger partial charge in [-0.1, -0.05) is 30.3 Å². The van der Waals surface area contributed by atoms with Crippen molar-refractivity contribution in [1.82, 2.24) is 14.5 Å². The van der Waals surface area contributed by atoms with Crippen molar-refractivity contribution >= 4 is 20.9 Å². The van der Waals surface area contributed by atoms with Gasteiger partial charge in [0.25, 0.3) is 10.0 Å². The van der Waals surface area contributed by atoms with Crippen molar-refractivity contribution in [2.24, 2.45) is 0 Å². The predicted octanol–water partition coefficient (Wildman–Crippen LogP) is 3.36. The van der Waals surface area contributed by atoms with E-state index in [4.69, 9.17) is 0 Å². The summed E-state index contributed by atoms with van der Waals surface area (Å²) in [6.45, 7) is 5.67. The Morgan fingerprint density at radius 3 is 2.54 bits per heavy atom. The second-order valence-electron chi connectivity index (χ2n) is 7.04. The summed E-state index contributed by atoms with van der Waals surface area (Å²) in [5.41, 5.74) is 3.32. The van der Waals surface area contributed by atoms with Crippen LogP contribution in [0, 0.1) is 13.8 Å². The van der Waals surface area contributed by atoms with Gasteiger partial charge in [0.2, 0.25) is 0 Å². The third-order valence-electron chi connectivity index (χ3n) is 5.16. The third-order valence-corrected chi connectivity index (χ3v) is 6.91. The van der Waals surface area contributed by atoms with E-state index in [1.807, 2.05) is 44.2 Å². The lowest BCUT2D eigenvalue weighted by atomic mass is 9.92. The highest BCUT2D eigenvalue weighted by Gasteiger charge is 2.28. The molecule has 0 atom stereocenters. The molecule has 26 heavy (non-hydrogen) atoms. The van der Waals surface area contributed by atoms with E-state index in [2.05, 4.69) is 10.4 Å². The van der Waals surface area contributed by atoms with Gasteiger partial charge in [-0.3, -0.25) is 0 Å². The predicted molar refractivity (Wildman–Crippen MR) is 103 cm³/mol. The zero-order valence-corrected chi connectivity index (χ0v) is 15.9. The van der Waals surface area contributed by atoms with Gasteiger partial charge in [-0.15, -0.1) is 0 Å². The van der Waals surface area contributed by atoms with Crippen LogP contribution in [-0.4, -0.2) is 30.7 Å². The second-order valence-corrected chi connectivity index (χ2v) is 8.78. The molecular weight excluding hydrogens is 346 g/mol. The minimum Gasteiger partial charge on any atom is -0.317 e. The van der Waals surface area contributed by atoms with E-state index in [1.54, 1.807) is 12.1 Å². The van der Waals surface area contributed by atoms with Crippen LogP contribution in [0.2, 0.25) is 0 Å². The first-order valence-electron chi connectivity index (χ1n) is 8.99. The minimum absolute atomic E-state index is 0.287. The Morgan fingerprint density at radius 2 is 1.81 bits per heavy atom. The number of benzene rings is 2. The van der Waals surface area contributed by atoms with Crippen molar-refractivity contribution < 1.29 is 8.42 Å². The van der Waals surface area contributed by atoms with Gasteiger partial charge in [-0.05, 0) is 63.0 Å². The van der Waals surface area contributed by atoms with Crippen molar-refractivity contribution in [2.45, 2.75) is 37.5 Å². The number of aromatic nitrogens is 2. The normalized spacial score (nSPS) is 16.2. The summed E-state index contributed by atoms with van der Waals surface area (Å²) in [5.74, 6) is 0.287. The summed E-state index contributed by atoms with van der Waals surface area (Å²) in [4.78, 5) is 0.308. The number of rotatable bonds is 3. The molecule has 0 amide bonds. The number of hydrogen-bond donors (Lipinski definition) is 1. The highest BCUT2D eigenvalue weighted by Crippen LogP contribution is 2.33. The monoisotopic (exact) mass is 369 g/mol. The van der Waals surface area contributed by atoms with Gasteiger partial charge in [0.1, 0.15) is 0 Å². The molecule has 0 radical (unpaired) electrons. The van der Waals surface area contributed by atoms with E-state index >= 15 is 0 Å². The minimum atomic E-state index is -3.74. The molecule has 1 aliphatic rings. The molecule has 1 aromatic heterocycles. The van der Waals surface area contributed by atoms with Gasteiger partial charge in [0, 0.05) is 11.3 Å². The summed E-state index contributed by atoms with van der Waals surface area (Å²) >= 11 is 0. The second kappa shape index (κ2) is 6.52. The van der Waals surface area contributed by atoms with E-state index in [9.17, 15) is 8.42 Å². The summed E-state index contributed by atoms with van der Waals surface area (Å²) < 4.78 is 28.0. The van der Waals surface area contributed by atoms with Crippen molar-refractivity contribution in [2.75, 3.05) is 13.1 Å². The molecule has 1 aliphatic heterocycles. The lowest BCUT2D eigenvalue weighted by molar-refractivity contribution is 0.453. The van der Waals surface area contributed by atoms with Crippen LogP contribution < -0.4 is 5.32 Å². The molecule has 1 fully saturated rings. The van der Waals surface area contributed by atoms with Crippen molar-refractivity contribution in [3.63, 3.8) is 0 Å². The average molecular weight is 369 g/mol. The molecule has 6 heteroatoms. The first kappa shape index (κ1) is 17.2. The van der Waals surface area contributed by atoms with E-state index in [1.165, 1.54) is 4.09 Å². The van der Waals surface area contributed by atoms with Crippen LogP contribution in [0.4, 0.5) is 0 Å². The Hall–Kier alpha value is -2.18. The lowest BCUT2D eigenvalue weighted by Gasteiger charge is -2.21. The van der Waals surface area contributed by atoms with Crippen LogP contribution in [0.5, 0.6) is 0 Å². The molecule has 0 spiro atoms. The van der Waals surface area contributed by atoms with Crippen molar-refractivity contribution in [3.05, 3.63) is 59.3 Å². The fraction of sp³-hybridized carbons (Fsp3) is 0.350. The van der Waals surface area contributed by atoms with E-state index in [0.29, 0.717) is 10.4 Å². The van der Waals surface area contributed by atoms with Gasteiger partial charge in [0.05, 0.1) is 16.1 Å². The van der Waals surface area contributed by atoms with Gasteiger partial charge in [-0.2, -0.15) is 17.6 Å². The van der Waals surface area contributed by atoms with Gasteiger partial charge in [-0.25, -0.2) is 0 Å². The summed E-state index contributed by atoms with van der Waals surface area (Å²) in [5, 5.41) is 8.95. The maximum atomic E-state index is 13.4. The van der Waals surface area contributed by atoms with Gasteiger partial charge in [0.15, 0.2) is 0 Å². The van der Waals surface area contributed by atoms with Crippen molar-refractivity contribution in [1.29, 1.82) is 0 Å². The third kappa shape index (κ3) is 2.83. The summed E-state index contributed by atoms with van der Waals surface area (Å²) in [7, 11) is -3.74. The molecule has 4 rings (SSSR count). The fourth-order valence-electron chi connectivity index (χ4n) is 3.74. The number of nitrogens with one attached hydrogen (secondary N) is 1. The van der Waals surface area contributed by atoms with Crippen LogP contribution in [0.1, 0.15) is 35.6 Å². The molecule has 5 nitrogen and oxygen atoms in total. The first-order valence-corrected chi connectivity index (χ1v) is 10.4. The zero-order chi connectivity index (χ0) is 18.3. The van der Waals surface area contributed by atoms with Gasteiger partial charge >= 0.3 is 0 Å². The van der Waals surface area contributed by atoms with Crippen LogP contribution >= 0.6 is 0 Å². The van der Waals surface area contributed by atoms with Crippen LogP contribution in [0.3, 0.4) is 0 Å². The van der Waals surface area contributed by atoms with Crippen LogP contribution in [0.25, 0.3) is 10.9 Å². The first-order chi connectivity index (χ1) is 12.5. The van der Waals surface area contributed by atoms with Crippen LogP contribution in [0.15, 0.2) is 47.4 Å². The maximum absolute atomic E-state index is 13.4. The number of nitrogens with zero attached hydrogens (tertiary/aromatic N) is 2. The molecular formula is C20H23N3O2S. The smallest absolute Gasteiger partial charge is 0.283 e. The molecule has 0 bridgehead atoms. The number of fused-ring (bicyclic) bond motifs is 1. The highest BCUT2D eigenvalue weighted by atomic mass is 32.2. The molecule has 3 aromatic rings. The van der Waals surface area contributed by atoms with Crippen LogP contribution in [-0.2, 0) is 10.0 Å². The standard InChI is InChI=1S/C20H23N3O2S/c1-14-7-8-17-18(13-14)23(22-20(17)16-9-11-21-12-10-16)26(24,25)19-6-4-3-5-15(19)2/h3-8,13,16,21H,9-12H2,1-2H3. The molecule has 0 saturated carbocycles. The molecule has 0 unspecified atom stereocenters. The van der Waals surface area contributed by atoms with E-state index in [-0.39, 0.29) is 5.92 Å². The molecule has 0 aliphatic carbocycles. The molecule has 2 aromatic carbocycles. The average Bonchev–Trinajstić information content (AvgIpc) is 3.02. The maximum Gasteiger partial charge on any atom is 0.283 e. The molecule has 1 saturated heterocycles. The summed E-state index contributed by atoms with van der Waals surface area (Å²) in [6.07, 6.45) is 1.95. The highest BCUT2D eigenvalue weighted by molar-refractivity contribution is 7.90. The molecule has 2 heterocycles. The number of aryl methyl sites for hydroxylation is 2. The Morgan fingerprint density at radius 1 is 1.08 bits per heavy atom. The number of piperidine rings is 1. The van der Waals surface area contributed by atoms with E-state index < -0.39 is 10.0 Å². The number of hydrogen-bond acceptors (Lipinski definition) is 4. The Balaban J connectivity index is 1.95. The van der Waals surface area contributed by atoms with Crippen molar-refractivity contribution in [3.8, 4) is 0 Å². The Labute approximate surface area is 154 Å². The SMILES string of the molecule is Cc1ccc2c(C3CCNCC3)nn(S(=O)(=O)c3ccccc3C)c2c1. The Kier molecular flexibility index (Phi) is 4.32. The molecule has 136 valence electrons. The van der Waals surface area contributed by atoms with Gasteiger partial charge < -0.3 is 5.32 Å². The Bertz CT molecular complexity index is 1060. The fourth-order valence-corrected chi connectivity index (χ4v) is 5.26. The zero-order valence-electron chi connectivity index (χ0n) is 15.1. The quantitative estimate of drug-likeness (QED) is 0.769. The topological polar surface area (TPSA) is 64.0 Å². The summed E-state index contributed by atoms with van der Waals surface area (Å²) in [6, 6.07) is 13.0. The molecule has 1 N–H and O–H groups in total. The lowest BCUT2D eigenvalue weighted by Crippen LogP contribution is -2.27.